The molecule has 1 saturated carbocycles. The van der Waals surface area contributed by atoms with Crippen molar-refractivity contribution < 1.29 is 4.74 Å². The summed E-state index contributed by atoms with van der Waals surface area (Å²) in [5.74, 6) is 1.79. The van der Waals surface area contributed by atoms with Crippen LogP contribution in [0.15, 0.2) is 42.5 Å². The van der Waals surface area contributed by atoms with Gasteiger partial charge in [0.15, 0.2) is 10.9 Å². The van der Waals surface area contributed by atoms with Crippen LogP contribution in [0, 0.1) is 0 Å². The molecule has 2 N–H and O–H groups in total. The van der Waals surface area contributed by atoms with Crippen molar-refractivity contribution in [2.45, 2.75) is 31.7 Å². The molecule has 1 aliphatic rings. The standard InChI is InChI=1S/C16H18N4OS/c22-16(17-12-6-4-5-7-12)18-14-10-11-15(20-19-14)21-13-8-2-1-3-9-13/h1-3,8-12H,4-7H2,(H2,17,18,19,22). The predicted octanol–water partition coefficient (Wildman–Crippen LogP) is 3.50. The molecular weight excluding hydrogens is 296 g/mol. The Bertz CT molecular complexity index is 612. The zero-order valence-electron chi connectivity index (χ0n) is 12.2. The number of hydrogen-bond acceptors (Lipinski definition) is 4. The lowest BCUT2D eigenvalue weighted by molar-refractivity contribution is 0.455. The van der Waals surface area contributed by atoms with Crippen molar-refractivity contribution in [2.75, 3.05) is 5.32 Å². The highest BCUT2D eigenvalue weighted by molar-refractivity contribution is 7.80. The molecule has 6 heteroatoms. The first kappa shape index (κ1) is 14.7. The highest BCUT2D eigenvalue weighted by Crippen LogP contribution is 2.19. The number of nitrogens with zero attached hydrogens (tertiary/aromatic N) is 2. The molecule has 1 aromatic carbocycles. The molecule has 2 aromatic rings. The lowest BCUT2D eigenvalue weighted by atomic mass is 10.3. The van der Waals surface area contributed by atoms with Crippen LogP contribution in [-0.4, -0.2) is 21.4 Å². The quantitative estimate of drug-likeness (QED) is 0.842. The zero-order chi connectivity index (χ0) is 15.2. The van der Waals surface area contributed by atoms with E-state index < -0.39 is 0 Å². The summed E-state index contributed by atoms with van der Waals surface area (Å²) < 4.78 is 5.60. The number of ether oxygens (including phenoxy) is 1. The Labute approximate surface area is 135 Å². The van der Waals surface area contributed by atoms with Gasteiger partial charge in [-0.1, -0.05) is 31.0 Å². The van der Waals surface area contributed by atoms with Gasteiger partial charge in [0.05, 0.1) is 0 Å². The van der Waals surface area contributed by atoms with Gasteiger partial charge >= 0.3 is 0 Å². The van der Waals surface area contributed by atoms with Gasteiger partial charge in [0.25, 0.3) is 0 Å². The molecule has 0 saturated heterocycles. The Morgan fingerprint density at radius 2 is 1.82 bits per heavy atom. The third-order valence-corrected chi connectivity index (χ3v) is 3.76. The first-order chi connectivity index (χ1) is 10.8. The van der Waals surface area contributed by atoms with Crippen LogP contribution in [0.25, 0.3) is 0 Å². The zero-order valence-corrected chi connectivity index (χ0v) is 13.0. The summed E-state index contributed by atoms with van der Waals surface area (Å²) >= 11 is 5.29. The molecule has 3 rings (SSSR count). The van der Waals surface area contributed by atoms with Gasteiger partial charge < -0.3 is 15.4 Å². The largest absolute Gasteiger partial charge is 0.438 e. The van der Waals surface area contributed by atoms with Crippen molar-refractivity contribution in [3.05, 3.63) is 42.5 Å². The molecule has 5 nitrogen and oxygen atoms in total. The Kier molecular flexibility index (Phi) is 4.80. The van der Waals surface area contributed by atoms with Crippen LogP contribution in [0.2, 0.25) is 0 Å². The van der Waals surface area contributed by atoms with E-state index in [2.05, 4.69) is 20.8 Å². The van der Waals surface area contributed by atoms with E-state index >= 15 is 0 Å². The fourth-order valence-electron chi connectivity index (χ4n) is 2.46. The lowest BCUT2D eigenvalue weighted by Crippen LogP contribution is -2.36. The molecule has 0 amide bonds. The van der Waals surface area contributed by atoms with E-state index in [1.54, 1.807) is 12.1 Å². The average molecular weight is 314 g/mol. The van der Waals surface area contributed by atoms with Gasteiger partial charge in [-0.15, -0.1) is 10.2 Å². The maximum atomic E-state index is 5.60. The molecular formula is C16H18N4OS. The number of hydrogen-bond donors (Lipinski definition) is 2. The summed E-state index contributed by atoms with van der Waals surface area (Å²) in [4.78, 5) is 0. The number of para-hydroxylation sites is 1. The van der Waals surface area contributed by atoms with Crippen molar-refractivity contribution in [2.24, 2.45) is 0 Å². The smallest absolute Gasteiger partial charge is 0.238 e. The summed E-state index contributed by atoms with van der Waals surface area (Å²) in [7, 11) is 0. The topological polar surface area (TPSA) is 59.1 Å². The second-order valence-corrected chi connectivity index (χ2v) is 5.66. The van der Waals surface area contributed by atoms with Crippen LogP contribution in [-0.2, 0) is 0 Å². The molecule has 1 heterocycles. The fraction of sp³-hybridized carbons (Fsp3) is 0.312. The Morgan fingerprint density at radius 1 is 1.05 bits per heavy atom. The van der Waals surface area contributed by atoms with E-state index in [-0.39, 0.29) is 0 Å². The Balaban J connectivity index is 1.53. The van der Waals surface area contributed by atoms with Gasteiger partial charge in [0.1, 0.15) is 5.75 Å². The Hall–Kier alpha value is -2.21. The molecule has 1 aromatic heterocycles. The first-order valence-corrected chi connectivity index (χ1v) is 7.84. The van der Waals surface area contributed by atoms with Gasteiger partial charge in [0, 0.05) is 12.1 Å². The van der Waals surface area contributed by atoms with Crippen molar-refractivity contribution in [1.82, 2.24) is 15.5 Å². The summed E-state index contributed by atoms with van der Waals surface area (Å²) in [5.41, 5.74) is 0. The second-order valence-electron chi connectivity index (χ2n) is 5.25. The Morgan fingerprint density at radius 3 is 2.50 bits per heavy atom. The van der Waals surface area contributed by atoms with E-state index in [4.69, 9.17) is 17.0 Å². The summed E-state index contributed by atoms with van der Waals surface area (Å²) in [6.45, 7) is 0. The van der Waals surface area contributed by atoms with Crippen LogP contribution >= 0.6 is 12.2 Å². The van der Waals surface area contributed by atoms with Crippen LogP contribution in [0.3, 0.4) is 0 Å². The molecule has 0 radical (unpaired) electrons. The number of thiocarbonyl (C=S) groups is 1. The molecule has 1 aliphatic carbocycles. The van der Waals surface area contributed by atoms with Gasteiger partial charge in [-0.2, -0.15) is 0 Å². The van der Waals surface area contributed by atoms with Crippen LogP contribution in [0.4, 0.5) is 5.82 Å². The van der Waals surface area contributed by atoms with Gasteiger partial charge in [-0.25, -0.2) is 0 Å². The SMILES string of the molecule is S=C(Nc1ccc(Oc2ccccc2)nn1)NC1CCCC1. The molecule has 0 bridgehead atoms. The van der Waals surface area contributed by atoms with Crippen molar-refractivity contribution in [1.29, 1.82) is 0 Å². The van der Waals surface area contributed by atoms with Gasteiger partial charge in [0.2, 0.25) is 5.88 Å². The molecule has 0 atom stereocenters. The lowest BCUT2D eigenvalue weighted by Gasteiger charge is -2.15. The highest BCUT2D eigenvalue weighted by Gasteiger charge is 2.15. The summed E-state index contributed by atoms with van der Waals surface area (Å²) in [5, 5.41) is 15.1. The van der Waals surface area contributed by atoms with E-state index in [1.807, 2.05) is 30.3 Å². The molecule has 114 valence electrons. The third kappa shape index (κ3) is 4.14. The number of rotatable bonds is 4. The van der Waals surface area contributed by atoms with Crippen molar-refractivity contribution in [3.63, 3.8) is 0 Å². The van der Waals surface area contributed by atoms with E-state index in [1.165, 1.54) is 25.7 Å². The number of nitrogens with one attached hydrogen (secondary N) is 2. The van der Waals surface area contributed by atoms with E-state index in [0.29, 0.717) is 22.9 Å². The first-order valence-electron chi connectivity index (χ1n) is 7.44. The van der Waals surface area contributed by atoms with E-state index in [0.717, 1.165) is 5.75 Å². The predicted molar refractivity (Wildman–Crippen MR) is 90.2 cm³/mol. The average Bonchev–Trinajstić information content (AvgIpc) is 3.03. The van der Waals surface area contributed by atoms with Crippen LogP contribution in [0.1, 0.15) is 25.7 Å². The van der Waals surface area contributed by atoms with Crippen molar-refractivity contribution in [3.8, 4) is 11.6 Å². The molecule has 1 fully saturated rings. The fourth-order valence-corrected chi connectivity index (χ4v) is 2.73. The third-order valence-electron chi connectivity index (χ3n) is 3.54. The second kappa shape index (κ2) is 7.17. The van der Waals surface area contributed by atoms with Crippen LogP contribution in [0.5, 0.6) is 11.6 Å². The monoisotopic (exact) mass is 314 g/mol. The minimum atomic E-state index is 0.450. The van der Waals surface area contributed by atoms with Crippen LogP contribution < -0.4 is 15.4 Å². The normalized spacial score (nSPS) is 14.5. The van der Waals surface area contributed by atoms with Gasteiger partial charge in [-0.3, -0.25) is 0 Å². The molecule has 0 unspecified atom stereocenters. The minimum absolute atomic E-state index is 0.450. The maximum Gasteiger partial charge on any atom is 0.238 e. The number of benzene rings is 1. The van der Waals surface area contributed by atoms with Gasteiger partial charge in [-0.05, 0) is 43.3 Å². The number of anilines is 1. The van der Waals surface area contributed by atoms with Crippen molar-refractivity contribution >= 4 is 23.1 Å². The minimum Gasteiger partial charge on any atom is -0.438 e. The molecule has 0 aliphatic heterocycles. The highest BCUT2D eigenvalue weighted by atomic mass is 32.1. The van der Waals surface area contributed by atoms with E-state index in [9.17, 15) is 0 Å². The molecule has 22 heavy (non-hydrogen) atoms. The maximum absolute atomic E-state index is 5.60. The summed E-state index contributed by atoms with van der Waals surface area (Å²) in [6.07, 6.45) is 4.89. The molecule has 0 spiro atoms. The number of aromatic nitrogens is 2. The summed E-state index contributed by atoms with van der Waals surface area (Å²) in [6, 6.07) is 13.5.